The first-order valence-electron chi connectivity index (χ1n) is 23.2. The number of hydrogen-bond acceptors (Lipinski definition) is 22. The van der Waals surface area contributed by atoms with Crippen molar-refractivity contribution in [3.63, 3.8) is 0 Å². The van der Waals surface area contributed by atoms with Gasteiger partial charge in [-0.1, -0.05) is 52.4 Å². The summed E-state index contributed by atoms with van der Waals surface area (Å²) in [5.41, 5.74) is 3.54. The number of ketones is 2. The molecule has 2 rings (SSSR count). The van der Waals surface area contributed by atoms with Gasteiger partial charge >= 0.3 is 20.8 Å². The number of ether oxygens (including phenoxy) is 6. The molecule has 0 aromatic heterocycles. The summed E-state index contributed by atoms with van der Waals surface area (Å²) in [6.45, 7) is 7.21. The predicted octanol–water partition coefficient (Wildman–Crippen LogP) is -0.771. The third kappa shape index (κ3) is 27.8. The fourth-order valence-electron chi connectivity index (χ4n) is 7.31. The Labute approximate surface area is 404 Å². The van der Waals surface area contributed by atoms with E-state index in [0.29, 0.717) is 51.7 Å². The van der Waals surface area contributed by atoms with Crippen molar-refractivity contribution in [2.75, 3.05) is 52.7 Å². The van der Waals surface area contributed by atoms with Gasteiger partial charge in [0.25, 0.3) is 0 Å². The number of carbonyl (C=O) groups is 4. The minimum atomic E-state index is -4.81. The number of amides is 2. The van der Waals surface area contributed by atoms with Gasteiger partial charge in [0.1, 0.15) is 60.3 Å². The van der Waals surface area contributed by atoms with Gasteiger partial charge in [-0.05, 0) is 25.7 Å². The molecule has 0 radical (unpaired) electrons. The van der Waals surface area contributed by atoms with Crippen molar-refractivity contribution in [2.24, 2.45) is 5.41 Å². The Morgan fingerprint density at radius 3 is 1.22 bits per heavy atom. The molecule has 10 N–H and O–H groups in total. The van der Waals surface area contributed by atoms with Crippen LogP contribution < -0.4 is 21.6 Å². The van der Waals surface area contributed by atoms with Gasteiger partial charge in [0.15, 0.2) is 12.6 Å². The molecule has 0 bridgehead atoms. The molecular weight excluding hydrogens is 965 g/mol. The molecule has 69 heavy (non-hydrogen) atoms. The monoisotopic (exact) mass is 1040 g/mol. The summed E-state index contributed by atoms with van der Waals surface area (Å²) < 4.78 is 103. The molecule has 2 aliphatic heterocycles. The lowest BCUT2D eigenvalue weighted by atomic mass is 9.96. The van der Waals surface area contributed by atoms with E-state index in [1.54, 1.807) is 0 Å². The van der Waals surface area contributed by atoms with Gasteiger partial charge in [0.05, 0.1) is 39.5 Å². The second kappa shape index (κ2) is 32.6. The zero-order valence-electron chi connectivity index (χ0n) is 39.9. The molecule has 404 valence electrons. The van der Waals surface area contributed by atoms with Gasteiger partial charge in [0.2, 0.25) is 11.8 Å². The second-order valence-electron chi connectivity index (χ2n) is 17.8. The second-order valence-corrected chi connectivity index (χ2v) is 19.9. The highest BCUT2D eigenvalue weighted by Crippen LogP contribution is 2.25. The standard InChI is InChI=1S/C41H76N4O22S2/c1-27(46)44-33-37(52)35(50)31(23-42-66-68(54,55)56)64-39(33)62-19-13-9-5-7-11-15-29(48)17-21-60-25-41(3,4)26-61-22-18-30(49)16-12-8-6-10-14-20-63-40-34(45-28(2)47)38(53)36(51)32(65-40)24-43-67-69(57,58)59/h31-40,42-43,50-53H,5-26H2,1-4H3,(H,44,46)(H,45,47)(H,54,55,56)(H,57,58,59). The highest BCUT2D eigenvalue weighted by molar-refractivity contribution is 7.81. The minimum Gasteiger partial charge on any atom is -0.388 e. The summed E-state index contributed by atoms with van der Waals surface area (Å²) in [7, 11) is -9.63. The third-order valence-electron chi connectivity index (χ3n) is 10.8. The lowest BCUT2D eigenvalue weighted by molar-refractivity contribution is -0.265. The maximum Gasteiger partial charge on any atom is 0.413 e. The molecule has 0 spiro atoms. The molecule has 2 aliphatic rings. The molecule has 10 atom stereocenters. The van der Waals surface area contributed by atoms with Crippen LogP contribution >= 0.6 is 0 Å². The molecule has 28 heteroatoms. The predicted molar refractivity (Wildman–Crippen MR) is 240 cm³/mol. The highest BCUT2D eigenvalue weighted by atomic mass is 32.3. The van der Waals surface area contributed by atoms with Crippen LogP contribution in [-0.2, 0) is 77.0 Å². The van der Waals surface area contributed by atoms with E-state index in [1.807, 2.05) is 24.8 Å². The maximum atomic E-state index is 12.4. The van der Waals surface area contributed by atoms with Crippen molar-refractivity contribution in [1.82, 2.24) is 21.6 Å². The smallest absolute Gasteiger partial charge is 0.388 e. The van der Waals surface area contributed by atoms with E-state index in [-0.39, 0.29) is 56.3 Å². The van der Waals surface area contributed by atoms with Crippen LogP contribution in [0.5, 0.6) is 0 Å². The number of aliphatic hydroxyl groups excluding tert-OH is 4. The largest absolute Gasteiger partial charge is 0.413 e. The van der Waals surface area contributed by atoms with E-state index < -0.39 is 107 Å². The van der Waals surface area contributed by atoms with E-state index in [9.17, 15) is 56.4 Å². The van der Waals surface area contributed by atoms with E-state index >= 15 is 0 Å². The van der Waals surface area contributed by atoms with Gasteiger partial charge in [-0.2, -0.15) is 36.4 Å². The van der Waals surface area contributed by atoms with Crippen molar-refractivity contribution in [1.29, 1.82) is 0 Å². The van der Waals surface area contributed by atoms with E-state index in [2.05, 4.69) is 19.2 Å². The molecule has 2 fully saturated rings. The Kier molecular flexibility index (Phi) is 29.6. The van der Waals surface area contributed by atoms with Crippen LogP contribution in [0, 0.1) is 5.41 Å². The average molecular weight is 1040 g/mol. The number of rotatable bonds is 38. The quantitative estimate of drug-likeness (QED) is 0.0206. The molecule has 0 aromatic carbocycles. The zero-order valence-corrected chi connectivity index (χ0v) is 41.5. The number of Topliss-reactive ketones (excluding diaryl/α,β-unsaturated/α-hetero) is 2. The molecule has 2 saturated heterocycles. The van der Waals surface area contributed by atoms with Crippen LogP contribution in [-0.4, -0.2) is 184 Å². The Hall–Kier alpha value is -2.46. The van der Waals surface area contributed by atoms with E-state index in [0.717, 1.165) is 38.5 Å². The number of hydrogen-bond donors (Lipinski definition) is 10. The Morgan fingerprint density at radius 2 is 0.870 bits per heavy atom. The summed E-state index contributed by atoms with van der Waals surface area (Å²) in [5, 5.41) is 46.9. The SMILES string of the molecule is CC(=O)NC1C(OCCCCCCCC(=O)CCOCC(C)(C)COCCC(=O)CCCCCCCOC2OC(CNOS(=O)(=O)O)C(O)C(O)C2NC(C)=O)OC(CNOS(=O)(=O)O)C(O)C1O. The molecule has 0 aromatic rings. The van der Waals surface area contributed by atoms with Crippen molar-refractivity contribution in [3.05, 3.63) is 0 Å². The number of hydroxylamine groups is 2. The topological polar surface area (TPSA) is 380 Å². The summed E-state index contributed by atoms with van der Waals surface area (Å²) in [6.07, 6.45) is -2.04. The van der Waals surface area contributed by atoms with Crippen molar-refractivity contribution in [3.8, 4) is 0 Å². The van der Waals surface area contributed by atoms with Crippen molar-refractivity contribution >= 4 is 44.2 Å². The summed E-state index contributed by atoms with van der Waals surface area (Å²) >= 11 is 0. The highest BCUT2D eigenvalue weighted by Gasteiger charge is 2.47. The van der Waals surface area contributed by atoms with Gasteiger partial charge in [-0.25, -0.2) is 0 Å². The fraction of sp³-hybridized carbons (Fsp3) is 0.902. The molecule has 0 aliphatic carbocycles. The molecule has 26 nitrogen and oxygen atoms in total. The van der Waals surface area contributed by atoms with Crippen molar-refractivity contribution in [2.45, 2.75) is 179 Å². The van der Waals surface area contributed by atoms with Crippen LogP contribution in [0.2, 0.25) is 0 Å². The first kappa shape index (κ1) is 62.7. The minimum absolute atomic E-state index is 0.0940. The lowest BCUT2D eigenvalue weighted by Gasteiger charge is -2.42. The summed E-state index contributed by atoms with van der Waals surface area (Å²) in [5.74, 6) is -0.809. The number of unbranched alkanes of at least 4 members (excludes halogenated alkanes) is 8. The fourth-order valence-corrected chi connectivity index (χ4v) is 7.75. The molecule has 10 unspecified atom stereocenters. The van der Waals surface area contributed by atoms with Gasteiger partial charge in [-0.15, -0.1) is 0 Å². The summed E-state index contributed by atoms with van der Waals surface area (Å²) in [6, 6.07) is -2.21. The average Bonchev–Trinajstić information content (AvgIpc) is 3.24. The summed E-state index contributed by atoms with van der Waals surface area (Å²) in [4.78, 5) is 48.2. The number of aliphatic hydroxyl groups is 4. The van der Waals surface area contributed by atoms with Crippen LogP contribution in [0.15, 0.2) is 0 Å². The first-order valence-corrected chi connectivity index (χ1v) is 25.9. The van der Waals surface area contributed by atoms with Crippen LogP contribution in [0.25, 0.3) is 0 Å². The van der Waals surface area contributed by atoms with Crippen LogP contribution in [0.3, 0.4) is 0 Å². The first-order chi connectivity index (χ1) is 32.4. The maximum absolute atomic E-state index is 12.4. The molecule has 0 saturated carbocycles. The van der Waals surface area contributed by atoms with Crippen LogP contribution in [0.1, 0.15) is 118 Å². The van der Waals surface area contributed by atoms with Gasteiger partial charge < -0.3 is 59.5 Å². The van der Waals surface area contributed by atoms with E-state index in [4.69, 9.17) is 37.5 Å². The van der Waals surface area contributed by atoms with Crippen LogP contribution in [0.4, 0.5) is 0 Å². The zero-order chi connectivity index (χ0) is 51.6. The van der Waals surface area contributed by atoms with E-state index in [1.165, 1.54) is 13.8 Å². The molecular formula is C41H76N4O22S2. The number of carbonyl (C=O) groups excluding carboxylic acids is 4. The third-order valence-corrected chi connectivity index (χ3v) is 11.5. The Bertz CT molecular complexity index is 1620. The molecule has 2 amide bonds. The lowest BCUT2D eigenvalue weighted by Crippen LogP contribution is -2.65. The Balaban J connectivity index is 1.50. The normalized spacial score (nSPS) is 25.6. The molecule has 2 heterocycles. The number of nitrogens with one attached hydrogen (secondary N) is 4. The van der Waals surface area contributed by atoms with Gasteiger partial charge in [-0.3, -0.25) is 28.3 Å². The Morgan fingerprint density at radius 1 is 0.522 bits per heavy atom. The van der Waals surface area contributed by atoms with Crippen molar-refractivity contribution < 1.29 is 103 Å². The van der Waals surface area contributed by atoms with Gasteiger partial charge in [0, 0.05) is 58.2 Å².